The highest BCUT2D eigenvalue weighted by Crippen LogP contribution is 2.23. The second-order valence-electron chi connectivity index (χ2n) is 20.6. The van der Waals surface area contributed by atoms with Crippen molar-refractivity contribution in [1.82, 2.24) is 24.8 Å². The van der Waals surface area contributed by atoms with Gasteiger partial charge in [0.2, 0.25) is 0 Å². The van der Waals surface area contributed by atoms with Crippen molar-refractivity contribution in [1.29, 1.82) is 36.8 Å². The molecule has 0 spiro atoms. The number of aryl methyl sites for hydroxylation is 4. The maximum Gasteiger partial charge on any atom is 0.335 e. The first-order valence-electron chi connectivity index (χ1n) is 30.7. The number of nitrogen functional groups attached to an aromatic ring is 1. The number of aromatic amines is 1. The number of carboxylic acid groups (broad SMARTS) is 1. The lowest BCUT2D eigenvalue weighted by Gasteiger charge is -2.06. The number of H-pyrrole nitrogens is 1. The minimum absolute atomic E-state index is 0.0162. The molecule has 0 saturated heterocycles. The summed E-state index contributed by atoms with van der Waals surface area (Å²) in [4.78, 5) is 68.8. The fraction of sp³-hybridized carbons (Fsp3) is 0.280. The summed E-state index contributed by atoms with van der Waals surface area (Å²) in [5.74, 6) is -1.23. The van der Waals surface area contributed by atoms with Crippen LogP contribution in [0.15, 0.2) is 133 Å². The van der Waals surface area contributed by atoms with Crippen LogP contribution >= 0.6 is 0 Å². The van der Waals surface area contributed by atoms with Gasteiger partial charge in [0.25, 0.3) is 0 Å². The summed E-state index contributed by atoms with van der Waals surface area (Å²) in [6.45, 7) is 17.4. The third-order valence-corrected chi connectivity index (χ3v) is 13.7. The largest absolute Gasteiger partial charge is 0.478 e. The van der Waals surface area contributed by atoms with E-state index in [9.17, 15) is 28.8 Å². The van der Waals surface area contributed by atoms with Gasteiger partial charge in [-0.2, -0.15) is 47.0 Å². The molecule has 0 saturated carbocycles. The number of nitrogens with one attached hydrogen (secondary N) is 1. The second kappa shape index (κ2) is 44.1. The number of nitriles is 7. The molecule has 5 aromatic carbocycles. The van der Waals surface area contributed by atoms with Gasteiger partial charge in [-0.15, -0.1) is 0 Å². The first-order valence-corrected chi connectivity index (χ1v) is 30.7. The van der Waals surface area contributed by atoms with E-state index < -0.39 is 11.9 Å². The Morgan fingerprint density at radius 2 is 1.14 bits per heavy atom. The van der Waals surface area contributed by atoms with E-state index in [0.717, 1.165) is 87.4 Å². The lowest BCUT2D eigenvalue weighted by atomic mass is 9.95. The summed E-state index contributed by atoms with van der Waals surface area (Å²) in [6, 6.07) is 50.4. The van der Waals surface area contributed by atoms with Crippen molar-refractivity contribution in [3.05, 3.63) is 223 Å². The molecule has 0 bridgehead atoms. The van der Waals surface area contributed by atoms with Crippen LogP contribution < -0.4 is 5.73 Å². The molecule has 0 radical (unpaired) electrons. The quantitative estimate of drug-likeness (QED) is 0.0293. The average molecular weight is 1290 g/mol. The number of nitrogens with two attached hydrogens (primary N) is 1. The topological polar surface area (TPSA) is 383 Å². The number of esters is 1. The minimum Gasteiger partial charge on any atom is -0.478 e. The van der Waals surface area contributed by atoms with E-state index in [0.29, 0.717) is 84.3 Å². The number of hydrogen-bond donors (Lipinski definition) is 3. The number of hydrogen-bond acceptors (Lipinski definition) is 18. The van der Waals surface area contributed by atoms with Gasteiger partial charge in [-0.05, 0) is 135 Å². The van der Waals surface area contributed by atoms with Crippen LogP contribution in [0.5, 0.6) is 0 Å². The van der Waals surface area contributed by atoms with Gasteiger partial charge in [-0.3, -0.25) is 29.1 Å². The van der Waals surface area contributed by atoms with Crippen molar-refractivity contribution in [3.63, 3.8) is 0 Å². The molecule has 0 aliphatic rings. The predicted octanol–water partition coefficient (Wildman–Crippen LogP) is 13.1. The Balaban J connectivity index is 0.000000395. The number of carbonyl (C=O) groups excluding carboxylic acids is 5. The van der Waals surface area contributed by atoms with Crippen LogP contribution in [0, 0.1) is 99.1 Å². The summed E-state index contributed by atoms with van der Waals surface area (Å²) in [5.41, 5.74) is 20.3. The number of fused-ring (bicyclic) bond motifs is 1. The normalized spacial score (nSPS) is 10.0. The fourth-order valence-corrected chi connectivity index (χ4v) is 8.38. The van der Waals surface area contributed by atoms with E-state index in [2.05, 4.69) is 44.9 Å². The Hall–Kier alpha value is -12.5. The fourth-order valence-electron chi connectivity index (χ4n) is 8.38. The number of nitrogens with zero attached hydrogens (tertiary/aromatic N) is 11. The van der Waals surface area contributed by atoms with Gasteiger partial charge in [0, 0.05) is 72.3 Å². The number of ketones is 3. The molecule has 96 heavy (non-hydrogen) atoms. The van der Waals surface area contributed by atoms with Crippen LogP contribution in [-0.2, 0) is 56.0 Å². The molecule has 0 aliphatic carbocycles. The van der Waals surface area contributed by atoms with Crippen LogP contribution in [0.2, 0.25) is 0 Å². The standard InChI is InChI=1S/C18H19N3O2.C13H14N4.C13H12N2O.C13H10N2O.C8H5NO.C5H7NO.C5H10O2/c1-4-16-15(10-13-5-7-14(8-6-13)18(22)23)17-19-11(2)9-12(3)21(17)20-16;1-2-12-11(13(15)17-16-12)7-9-3-5-10(8-14)6-4-9;2*1-2-13(16)12(9-15)7-10-3-5-11(8-14)6-4-10;9-5-7-1-3-8(6-10)4-2-7;1-2-5(7)3-4-6;1-3-5(6)7-4-2/h5-9H,4,10H2,1-3H3,(H,22,23);3-6H,2,7H2,1H3,(H3,15,16,17);3-6,12H,2,7H2,1H3;3-7H,2H2,1H3;1-4,6H;2-3H2,1H3;3-4H2,1-2H3/b;;;12-7-;;;. The van der Waals surface area contributed by atoms with Crippen molar-refractivity contribution >= 4 is 53.1 Å². The lowest BCUT2D eigenvalue weighted by Crippen LogP contribution is -2.14. The number of aromatic carboxylic acids is 1. The van der Waals surface area contributed by atoms with Crippen molar-refractivity contribution in [3.8, 4) is 42.5 Å². The number of anilines is 1. The van der Waals surface area contributed by atoms with E-state index in [1.807, 2.05) is 91.2 Å². The molecule has 3 heterocycles. The van der Waals surface area contributed by atoms with Gasteiger partial charge in [0.15, 0.2) is 11.4 Å². The Bertz CT molecular complexity index is 4220. The number of aldehydes is 1. The van der Waals surface area contributed by atoms with Crippen molar-refractivity contribution < 1.29 is 38.6 Å². The number of rotatable bonds is 19. The smallest absolute Gasteiger partial charge is 0.335 e. The summed E-state index contributed by atoms with van der Waals surface area (Å²) < 4.78 is 6.45. The number of allylic oxidation sites excluding steroid dienone is 1. The zero-order chi connectivity index (χ0) is 71.5. The molecular formula is C75H77N13O8. The molecule has 1 unspecified atom stereocenters. The van der Waals surface area contributed by atoms with Crippen LogP contribution in [-0.4, -0.2) is 72.1 Å². The van der Waals surface area contributed by atoms with Crippen LogP contribution in [0.4, 0.5) is 5.82 Å². The van der Waals surface area contributed by atoms with E-state index in [1.165, 1.54) is 6.08 Å². The van der Waals surface area contributed by atoms with E-state index in [1.54, 1.807) is 126 Å². The van der Waals surface area contributed by atoms with Gasteiger partial charge in [0.05, 0.1) is 88.5 Å². The average Bonchev–Trinajstić information content (AvgIpc) is 1.63. The van der Waals surface area contributed by atoms with Crippen LogP contribution in [0.3, 0.4) is 0 Å². The Morgan fingerprint density at radius 1 is 0.635 bits per heavy atom. The Morgan fingerprint density at radius 3 is 1.53 bits per heavy atom. The summed E-state index contributed by atoms with van der Waals surface area (Å²) >= 11 is 0. The Kier molecular flexibility index (Phi) is 36.6. The minimum atomic E-state index is -0.908. The van der Waals surface area contributed by atoms with Crippen LogP contribution in [0.1, 0.15) is 180 Å². The van der Waals surface area contributed by atoms with E-state index >= 15 is 0 Å². The lowest BCUT2D eigenvalue weighted by molar-refractivity contribution is -0.142. The summed E-state index contributed by atoms with van der Waals surface area (Å²) in [6.07, 6.45) is 7.60. The highest BCUT2D eigenvalue weighted by atomic mass is 16.5. The number of Topliss-reactive ketones (excluding diaryl/α,β-unsaturated/α-hetero) is 3. The Labute approximate surface area is 560 Å². The second-order valence-corrected chi connectivity index (χ2v) is 20.6. The van der Waals surface area contributed by atoms with Gasteiger partial charge in [-0.25, -0.2) is 14.3 Å². The van der Waals surface area contributed by atoms with Gasteiger partial charge in [0.1, 0.15) is 35.7 Å². The number of ether oxygens (including phenoxy) is 1. The first kappa shape index (κ1) is 79.6. The molecule has 21 nitrogen and oxygen atoms in total. The molecular weight excluding hydrogens is 1210 g/mol. The van der Waals surface area contributed by atoms with Crippen molar-refractivity contribution in [2.24, 2.45) is 5.92 Å². The van der Waals surface area contributed by atoms with Crippen LogP contribution in [0.25, 0.3) is 11.7 Å². The molecule has 0 aliphatic heterocycles. The zero-order valence-electron chi connectivity index (χ0n) is 55.4. The van der Waals surface area contributed by atoms with Crippen molar-refractivity contribution in [2.45, 2.75) is 127 Å². The monoisotopic (exact) mass is 1290 g/mol. The molecule has 3 aromatic heterocycles. The molecule has 1 atom stereocenters. The number of aromatic nitrogens is 5. The SMILES string of the molecule is CCC(=O)/C(C#N)=C\c1ccc(C#N)cc1.CCC(=O)C(C#N)Cc1ccc(C#N)cc1.CCC(=O)CC#N.CCOC(=O)CC.CCc1[nH]nc(N)c1Cc1ccc(C#N)cc1.CCc1nn2c(C)cc(C)nc2c1Cc1ccc(C(=O)O)cc1.N#Cc1ccc(C=O)cc1. The van der Waals surface area contributed by atoms with Gasteiger partial charge >= 0.3 is 11.9 Å². The molecule has 490 valence electrons. The third kappa shape index (κ3) is 27.5. The maximum absolute atomic E-state index is 11.4. The van der Waals surface area contributed by atoms with Crippen molar-refractivity contribution in [2.75, 3.05) is 12.3 Å². The van der Waals surface area contributed by atoms with E-state index in [-0.39, 0.29) is 35.3 Å². The number of carboxylic acids is 1. The molecule has 8 rings (SSSR count). The van der Waals surface area contributed by atoms with E-state index in [4.69, 9.17) is 47.7 Å². The van der Waals surface area contributed by atoms with Gasteiger partial charge < -0.3 is 15.6 Å². The highest BCUT2D eigenvalue weighted by molar-refractivity contribution is 6.03. The molecule has 21 heteroatoms. The first-order chi connectivity index (χ1) is 46.1. The molecule has 4 N–H and O–H groups in total. The summed E-state index contributed by atoms with van der Waals surface area (Å²) in [5, 5.41) is 80.5. The van der Waals surface area contributed by atoms with Gasteiger partial charge in [-0.1, -0.05) is 102 Å². The third-order valence-electron chi connectivity index (χ3n) is 13.7. The highest BCUT2D eigenvalue weighted by Gasteiger charge is 2.18. The zero-order valence-corrected chi connectivity index (χ0v) is 55.4. The predicted molar refractivity (Wildman–Crippen MR) is 363 cm³/mol. The summed E-state index contributed by atoms with van der Waals surface area (Å²) in [7, 11) is 0. The molecule has 8 aromatic rings. The molecule has 0 amide bonds. The maximum atomic E-state index is 11.4. The molecule has 0 fully saturated rings. The number of carbonyl (C=O) groups is 6. The number of benzene rings is 5.